The number of halogens is 1. The summed E-state index contributed by atoms with van der Waals surface area (Å²) in [6.45, 7) is 0. The second-order valence-electron chi connectivity index (χ2n) is 3.69. The van der Waals surface area contributed by atoms with Gasteiger partial charge in [0, 0.05) is 12.2 Å². The first-order valence-corrected chi connectivity index (χ1v) is 5.00. The molecule has 70 valence electrons. The van der Waals surface area contributed by atoms with Crippen molar-refractivity contribution in [2.45, 2.75) is 25.3 Å². The molecule has 1 saturated carbocycles. The highest BCUT2D eigenvalue weighted by molar-refractivity contribution is 6.30. The number of nitrogens with zero attached hydrogens (tertiary/aromatic N) is 1. The lowest BCUT2D eigenvalue weighted by Crippen LogP contribution is -2.12. The summed E-state index contributed by atoms with van der Waals surface area (Å²) in [6, 6.07) is 3.84. The minimum atomic E-state index is 0.0877. The molecular formula is C10H13ClN2. The van der Waals surface area contributed by atoms with Crippen LogP contribution in [0.3, 0.4) is 0 Å². The average molecular weight is 197 g/mol. The fraction of sp³-hybridized carbons (Fsp3) is 0.500. The van der Waals surface area contributed by atoms with E-state index in [9.17, 15) is 0 Å². The van der Waals surface area contributed by atoms with Gasteiger partial charge in [0.05, 0.1) is 10.7 Å². The molecule has 0 bridgehead atoms. The van der Waals surface area contributed by atoms with Crippen LogP contribution in [-0.4, -0.2) is 4.98 Å². The summed E-state index contributed by atoms with van der Waals surface area (Å²) in [4.78, 5) is 4.20. The normalized spacial score (nSPS) is 18.6. The van der Waals surface area contributed by atoms with Gasteiger partial charge in [-0.15, -0.1) is 0 Å². The Kier molecular flexibility index (Phi) is 2.51. The van der Waals surface area contributed by atoms with Crippen molar-refractivity contribution < 1.29 is 0 Å². The molecule has 0 amide bonds. The fourth-order valence-corrected chi connectivity index (χ4v) is 1.55. The van der Waals surface area contributed by atoms with E-state index in [-0.39, 0.29) is 6.04 Å². The fourth-order valence-electron chi connectivity index (χ4n) is 1.44. The third-order valence-electron chi connectivity index (χ3n) is 2.41. The third kappa shape index (κ3) is 2.42. The Bertz CT molecular complexity index is 279. The number of nitrogens with two attached hydrogens (primary N) is 1. The lowest BCUT2D eigenvalue weighted by Gasteiger charge is -2.09. The molecule has 1 atom stereocenters. The highest BCUT2D eigenvalue weighted by atomic mass is 35.5. The average Bonchev–Trinajstić information content (AvgIpc) is 2.89. The molecule has 0 aliphatic heterocycles. The van der Waals surface area contributed by atoms with E-state index in [0.717, 1.165) is 18.0 Å². The predicted octanol–water partition coefficient (Wildman–Crippen LogP) is 2.53. The number of aromatic nitrogens is 1. The van der Waals surface area contributed by atoms with Crippen LogP contribution in [0.15, 0.2) is 18.3 Å². The quantitative estimate of drug-likeness (QED) is 0.807. The van der Waals surface area contributed by atoms with Crippen LogP contribution in [0.2, 0.25) is 5.02 Å². The van der Waals surface area contributed by atoms with Crippen LogP contribution in [0.4, 0.5) is 0 Å². The number of hydrogen-bond donors (Lipinski definition) is 1. The molecular weight excluding hydrogens is 184 g/mol. The smallest absolute Gasteiger partial charge is 0.0589 e. The van der Waals surface area contributed by atoms with Crippen molar-refractivity contribution in [3.05, 3.63) is 29.0 Å². The van der Waals surface area contributed by atoms with Crippen LogP contribution in [0.5, 0.6) is 0 Å². The maximum Gasteiger partial charge on any atom is 0.0589 e. The van der Waals surface area contributed by atoms with Gasteiger partial charge in [0.1, 0.15) is 0 Å². The summed E-state index contributed by atoms with van der Waals surface area (Å²) in [5, 5.41) is 0.669. The molecule has 1 fully saturated rings. The SMILES string of the molecule is NC(CC1CC1)c1ccc(Cl)cn1. The lowest BCUT2D eigenvalue weighted by molar-refractivity contribution is 0.583. The van der Waals surface area contributed by atoms with Gasteiger partial charge in [0.15, 0.2) is 0 Å². The second kappa shape index (κ2) is 3.64. The summed E-state index contributed by atoms with van der Waals surface area (Å²) in [7, 11) is 0. The molecule has 0 saturated heterocycles. The number of hydrogen-bond acceptors (Lipinski definition) is 2. The van der Waals surface area contributed by atoms with Crippen molar-refractivity contribution in [1.29, 1.82) is 0 Å². The summed E-state index contributed by atoms with van der Waals surface area (Å²) >= 11 is 5.73. The zero-order valence-corrected chi connectivity index (χ0v) is 8.17. The summed E-state index contributed by atoms with van der Waals surface area (Å²) in [6.07, 6.45) is 5.39. The van der Waals surface area contributed by atoms with Crippen molar-refractivity contribution in [2.24, 2.45) is 11.7 Å². The second-order valence-corrected chi connectivity index (χ2v) is 4.12. The molecule has 1 aliphatic carbocycles. The summed E-state index contributed by atoms with van der Waals surface area (Å²) < 4.78 is 0. The Hall–Kier alpha value is -0.600. The van der Waals surface area contributed by atoms with E-state index in [4.69, 9.17) is 17.3 Å². The van der Waals surface area contributed by atoms with E-state index in [1.165, 1.54) is 12.8 Å². The first-order valence-electron chi connectivity index (χ1n) is 4.63. The van der Waals surface area contributed by atoms with Gasteiger partial charge in [-0.25, -0.2) is 0 Å². The minimum Gasteiger partial charge on any atom is -0.323 e. The molecule has 2 N–H and O–H groups in total. The van der Waals surface area contributed by atoms with Crippen molar-refractivity contribution >= 4 is 11.6 Å². The predicted molar refractivity (Wildman–Crippen MR) is 53.5 cm³/mol. The van der Waals surface area contributed by atoms with Crippen molar-refractivity contribution in [3.8, 4) is 0 Å². The molecule has 2 rings (SSSR count). The molecule has 0 spiro atoms. The molecule has 1 aromatic rings. The molecule has 3 heteroatoms. The molecule has 0 aromatic carbocycles. The number of pyridine rings is 1. The maximum atomic E-state index is 5.98. The molecule has 1 aromatic heterocycles. The van der Waals surface area contributed by atoms with E-state index >= 15 is 0 Å². The van der Waals surface area contributed by atoms with Crippen LogP contribution in [0.1, 0.15) is 31.0 Å². The minimum absolute atomic E-state index is 0.0877. The Morgan fingerprint density at radius 3 is 2.85 bits per heavy atom. The van der Waals surface area contributed by atoms with Gasteiger partial charge in [-0.05, 0) is 24.5 Å². The van der Waals surface area contributed by atoms with Gasteiger partial charge >= 0.3 is 0 Å². The molecule has 1 unspecified atom stereocenters. The Morgan fingerprint density at radius 2 is 2.31 bits per heavy atom. The van der Waals surface area contributed by atoms with Crippen molar-refractivity contribution in [2.75, 3.05) is 0 Å². The third-order valence-corrected chi connectivity index (χ3v) is 2.64. The first-order chi connectivity index (χ1) is 6.25. The molecule has 1 heterocycles. The zero-order valence-electron chi connectivity index (χ0n) is 7.41. The van der Waals surface area contributed by atoms with Crippen LogP contribution < -0.4 is 5.73 Å². The molecule has 1 aliphatic rings. The van der Waals surface area contributed by atoms with E-state index in [2.05, 4.69) is 4.98 Å². The van der Waals surface area contributed by atoms with Crippen LogP contribution in [0.25, 0.3) is 0 Å². The van der Waals surface area contributed by atoms with Gasteiger partial charge < -0.3 is 5.73 Å². The van der Waals surface area contributed by atoms with E-state index in [0.29, 0.717) is 5.02 Å². The summed E-state index contributed by atoms with van der Waals surface area (Å²) in [5.74, 6) is 0.840. The zero-order chi connectivity index (χ0) is 9.26. The highest BCUT2D eigenvalue weighted by Gasteiger charge is 2.24. The van der Waals surface area contributed by atoms with E-state index in [1.807, 2.05) is 12.1 Å². The van der Waals surface area contributed by atoms with Gasteiger partial charge in [-0.3, -0.25) is 4.98 Å². The standard InChI is InChI=1S/C10H13ClN2/c11-8-3-4-10(13-6-8)9(12)5-7-1-2-7/h3-4,6-7,9H,1-2,5,12H2. The molecule has 13 heavy (non-hydrogen) atoms. The van der Waals surface area contributed by atoms with Gasteiger partial charge in [0.2, 0.25) is 0 Å². The largest absolute Gasteiger partial charge is 0.323 e. The highest BCUT2D eigenvalue weighted by Crippen LogP contribution is 2.36. The number of rotatable bonds is 3. The molecule has 0 radical (unpaired) electrons. The molecule has 2 nitrogen and oxygen atoms in total. The van der Waals surface area contributed by atoms with Crippen molar-refractivity contribution in [1.82, 2.24) is 4.98 Å². The summed E-state index contributed by atoms with van der Waals surface area (Å²) in [5.41, 5.74) is 6.94. The lowest BCUT2D eigenvalue weighted by atomic mass is 10.1. The van der Waals surface area contributed by atoms with Crippen LogP contribution >= 0.6 is 11.6 Å². The van der Waals surface area contributed by atoms with Gasteiger partial charge in [0.25, 0.3) is 0 Å². The Labute approximate surface area is 83.1 Å². The topological polar surface area (TPSA) is 38.9 Å². The van der Waals surface area contributed by atoms with Crippen LogP contribution in [-0.2, 0) is 0 Å². The Balaban J connectivity index is 2.01. The van der Waals surface area contributed by atoms with Gasteiger partial charge in [-0.2, -0.15) is 0 Å². The van der Waals surface area contributed by atoms with Gasteiger partial charge in [-0.1, -0.05) is 24.4 Å². The maximum absolute atomic E-state index is 5.98. The first kappa shape index (κ1) is 8.97. The van der Waals surface area contributed by atoms with Crippen LogP contribution in [0, 0.1) is 5.92 Å². The van der Waals surface area contributed by atoms with E-state index < -0.39 is 0 Å². The van der Waals surface area contributed by atoms with Crippen molar-refractivity contribution in [3.63, 3.8) is 0 Å². The van der Waals surface area contributed by atoms with E-state index in [1.54, 1.807) is 6.20 Å². The Morgan fingerprint density at radius 1 is 1.54 bits per heavy atom. The monoisotopic (exact) mass is 196 g/mol.